The highest BCUT2D eigenvalue weighted by atomic mass is 32.1. The van der Waals surface area contributed by atoms with Crippen molar-refractivity contribution in [1.82, 2.24) is 9.88 Å². The molecular weight excluding hydrogens is 370 g/mol. The first-order valence-corrected chi connectivity index (χ1v) is 9.45. The normalized spacial score (nSPS) is 16.1. The summed E-state index contributed by atoms with van der Waals surface area (Å²) in [6, 6.07) is 15.5. The van der Waals surface area contributed by atoms with Crippen molar-refractivity contribution in [2.24, 2.45) is 7.05 Å². The molecular formula is C22H19N3O2S. The summed E-state index contributed by atoms with van der Waals surface area (Å²) in [6.07, 6.45) is 4.45. The van der Waals surface area contributed by atoms with Crippen LogP contribution in [0.2, 0.25) is 0 Å². The Balaban J connectivity index is 1.77. The van der Waals surface area contributed by atoms with Crippen LogP contribution in [-0.4, -0.2) is 21.5 Å². The summed E-state index contributed by atoms with van der Waals surface area (Å²) < 4.78 is 1.97. The van der Waals surface area contributed by atoms with Gasteiger partial charge in [-0.1, -0.05) is 37.3 Å². The predicted molar refractivity (Wildman–Crippen MR) is 115 cm³/mol. The number of thiocarbonyl (C=S) groups is 1. The number of aryl methyl sites for hydroxylation is 2. The fourth-order valence-electron chi connectivity index (χ4n) is 3.42. The monoisotopic (exact) mass is 389 g/mol. The second-order valence-electron chi connectivity index (χ2n) is 6.69. The maximum absolute atomic E-state index is 13.2. The number of para-hydroxylation sites is 1. The van der Waals surface area contributed by atoms with E-state index in [0.717, 1.165) is 28.5 Å². The summed E-state index contributed by atoms with van der Waals surface area (Å²) in [5.74, 6) is -0.907. The average molecular weight is 389 g/mol. The van der Waals surface area contributed by atoms with Crippen LogP contribution in [0.5, 0.6) is 0 Å². The number of carbonyl (C=O) groups is 2. The Morgan fingerprint density at radius 3 is 2.50 bits per heavy atom. The maximum Gasteiger partial charge on any atom is 0.270 e. The van der Waals surface area contributed by atoms with E-state index in [0.29, 0.717) is 5.69 Å². The van der Waals surface area contributed by atoms with E-state index in [9.17, 15) is 9.59 Å². The number of hydrogen-bond donors (Lipinski definition) is 1. The zero-order chi connectivity index (χ0) is 19.8. The lowest BCUT2D eigenvalue weighted by atomic mass is 10.1. The van der Waals surface area contributed by atoms with Gasteiger partial charge >= 0.3 is 0 Å². The fraction of sp³-hybridized carbons (Fsp3) is 0.136. The third-order valence-electron chi connectivity index (χ3n) is 4.93. The molecule has 0 bridgehead atoms. The molecule has 1 fully saturated rings. The summed E-state index contributed by atoms with van der Waals surface area (Å²) in [6.45, 7) is 2.07. The van der Waals surface area contributed by atoms with Crippen molar-refractivity contribution in [3.05, 3.63) is 71.4 Å². The van der Waals surface area contributed by atoms with Crippen LogP contribution < -0.4 is 10.2 Å². The predicted octanol–water partition coefficient (Wildman–Crippen LogP) is 3.57. The van der Waals surface area contributed by atoms with E-state index in [4.69, 9.17) is 12.2 Å². The zero-order valence-corrected chi connectivity index (χ0v) is 16.4. The van der Waals surface area contributed by atoms with Gasteiger partial charge in [-0.25, -0.2) is 0 Å². The van der Waals surface area contributed by atoms with Crippen LogP contribution in [0.4, 0.5) is 5.69 Å². The summed E-state index contributed by atoms with van der Waals surface area (Å²) in [5.41, 5.74) is 3.70. The standard InChI is InChI=1S/C22H19N3O2S/c1-3-14-8-10-16(11-9-14)25-21(27)18(20(26)23-22(25)28)12-15-13-24(2)19-7-5-4-6-17(15)19/h4-13H,3H2,1-2H3,(H,23,26,28). The first-order valence-electron chi connectivity index (χ1n) is 9.04. The molecule has 0 aliphatic carbocycles. The quantitative estimate of drug-likeness (QED) is 0.423. The second-order valence-corrected chi connectivity index (χ2v) is 7.08. The molecule has 2 amide bonds. The summed E-state index contributed by atoms with van der Waals surface area (Å²) in [7, 11) is 1.93. The Kier molecular flexibility index (Phi) is 4.57. The lowest BCUT2D eigenvalue weighted by molar-refractivity contribution is -0.122. The first-order chi connectivity index (χ1) is 13.5. The van der Waals surface area contributed by atoms with Gasteiger partial charge in [-0.15, -0.1) is 0 Å². The molecule has 0 atom stereocenters. The number of rotatable bonds is 3. The Labute approximate surface area is 168 Å². The Morgan fingerprint density at radius 1 is 1.07 bits per heavy atom. The number of nitrogens with zero attached hydrogens (tertiary/aromatic N) is 2. The van der Waals surface area contributed by atoms with E-state index >= 15 is 0 Å². The highest BCUT2D eigenvalue weighted by Gasteiger charge is 2.34. The molecule has 4 rings (SSSR count). The van der Waals surface area contributed by atoms with Crippen LogP contribution in [0.15, 0.2) is 60.3 Å². The molecule has 3 aromatic rings. The van der Waals surface area contributed by atoms with Crippen LogP contribution in [0, 0.1) is 0 Å². The van der Waals surface area contributed by atoms with Crippen molar-refractivity contribution in [2.75, 3.05) is 4.90 Å². The van der Waals surface area contributed by atoms with E-state index < -0.39 is 11.8 Å². The third-order valence-corrected chi connectivity index (χ3v) is 5.22. The van der Waals surface area contributed by atoms with E-state index in [1.807, 2.05) is 66.3 Å². The van der Waals surface area contributed by atoms with Gasteiger partial charge in [-0.2, -0.15) is 0 Å². The molecule has 0 radical (unpaired) electrons. The van der Waals surface area contributed by atoms with Gasteiger partial charge in [0.05, 0.1) is 5.69 Å². The molecule has 6 heteroatoms. The van der Waals surface area contributed by atoms with Gasteiger partial charge in [0.2, 0.25) is 0 Å². The molecule has 0 spiro atoms. The van der Waals surface area contributed by atoms with Crippen LogP contribution in [0.3, 0.4) is 0 Å². The topological polar surface area (TPSA) is 54.3 Å². The number of carbonyl (C=O) groups excluding carboxylic acids is 2. The number of hydrogen-bond acceptors (Lipinski definition) is 3. The van der Waals surface area contributed by atoms with E-state index in [2.05, 4.69) is 12.2 Å². The highest BCUT2D eigenvalue weighted by Crippen LogP contribution is 2.26. The van der Waals surface area contributed by atoms with Crippen LogP contribution >= 0.6 is 12.2 Å². The van der Waals surface area contributed by atoms with E-state index in [1.165, 1.54) is 4.90 Å². The van der Waals surface area contributed by atoms with E-state index in [1.54, 1.807) is 6.08 Å². The lowest BCUT2D eigenvalue weighted by Crippen LogP contribution is -2.54. The first kappa shape index (κ1) is 18.1. The molecule has 5 nitrogen and oxygen atoms in total. The summed E-state index contributed by atoms with van der Waals surface area (Å²) >= 11 is 5.27. The van der Waals surface area contributed by atoms with Crippen molar-refractivity contribution < 1.29 is 9.59 Å². The largest absolute Gasteiger partial charge is 0.350 e. The van der Waals surface area contributed by atoms with E-state index in [-0.39, 0.29) is 10.7 Å². The minimum atomic E-state index is -0.482. The summed E-state index contributed by atoms with van der Waals surface area (Å²) in [4.78, 5) is 27.0. The Hall–Kier alpha value is -3.25. The third kappa shape index (κ3) is 3.01. The maximum atomic E-state index is 13.2. The molecule has 1 aliphatic rings. The Morgan fingerprint density at radius 2 is 1.79 bits per heavy atom. The zero-order valence-electron chi connectivity index (χ0n) is 15.6. The summed E-state index contributed by atoms with van der Waals surface area (Å²) in [5, 5.41) is 3.70. The molecule has 1 N–H and O–H groups in total. The van der Waals surface area contributed by atoms with Gasteiger partial charge < -0.3 is 4.57 Å². The minimum Gasteiger partial charge on any atom is -0.350 e. The second kappa shape index (κ2) is 7.05. The number of nitrogens with one attached hydrogen (secondary N) is 1. The molecule has 140 valence electrons. The number of aromatic nitrogens is 1. The molecule has 28 heavy (non-hydrogen) atoms. The molecule has 1 aliphatic heterocycles. The number of anilines is 1. The van der Waals surface area contributed by atoms with Gasteiger partial charge in [0.1, 0.15) is 5.57 Å². The fourth-order valence-corrected chi connectivity index (χ4v) is 3.70. The Bertz CT molecular complexity index is 1140. The van der Waals surface area contributed by atoms with Crippen molar-refractivity contribution in [3.63, 3.8) is 0 Å². The minimum absolute atomic E-state index is 0.0597. The lowest BCUT2D eigenvalue weighted by Gasteiger charge is -2.29. The van der Waals surface area contributed by atoms with Crippen molar-refractivity contribution in [2.45, 2.75) is 13.3 Å². The van der Waals surface area contributed by atoms with Gasteiger partial charge in [-0.05, 0) is 48.5 Å². The van der Waals surface area contributed by atoms with Crippen molar-refractivity contribution >= 4 is 51.8 Å². The smallest absolute Gasteiger partial charge is 0.270 e. The number of amides is 2. The SMILES string of the molecule is CCc1ccc(N2C(=O)C(=Cc3cn(C)c4ccccc34)C(=O)NC2=S)cc1. The molecule has 0 saturated carbocycles. The van der Waals surface area contributed by atoms with Gasteiger partial charge in [0, 0.05) is 29.7 Å². The highest BCUT2D eigenvalue weighted by molar-refractivity contribution is 7.80. The molecule has 2 aromatic carbocycles. The van der Waals surface area contributed by atoms with Gasteiger partial charge in [0.15, 0.2) is 5.11 Å². The number of benzene rings is 2. The van der Waals surface area contributed by atoms with Crippen LogP contribution in [0.1, 0.15) is 18.1 Å². The molecule has 0 unspecified atom stereocenters. The molecule has 1 saturated heterocycles. The molecule has 2 heterocycles. The van der Waals surface area contributed by atoms with Crippen LogP contribution in [-0.2, 0) is 23.1 Å². The van der Waals surface area contributed by atoms with Crippen molar-refractivity contribution in [1.29, 1.82) is 0 Å². The van der Waals surface area contributed by atoms with Gasteiger partial charge in [0.25, 0.3) is 11.8 Å². The van der Waals surface area contributed by atoms with Crippen LogP contribution in [0.25, 0.3) is 17.0 Å². The van der Waals surface area contributed by atoms with Gasteiger partial charge in [-0.3, -0.25) is 19.8 Å². The molecule has 1 aromatic heterocycles. The van der Waals surface area contributed by atoms with Crippen molar-refractivity contribution in [3.8, 4) is 0 Å². The number of fused-ring (bicyclic) bond motifs is 1. The average Bonchev–Trinajstić information content (AvgIpc) is 3.01.